The van der Waals surface area contributed by atoms with E-state index < -0.39 is 0 Å². The molecule has 3 aromatic rings. The topological polar surface area (TPSA) is 73.1 Å². The van der Waals surface area contributed by atoms with Gasteiger partial charge in [-0.05, 0) is 88.8 Å². The van der Waals surface area contributed by atoms with Gasteiger partial charge in [-0.1, -0.05) is 20.8 Å². The number of nitrogens with one attached hydrogen (secondary N) is 1. The summed E-state index contributed by atoms with van der Waals surface area (Å²) >= 11 is 5.20. The van der Waals surface area contributed by atoms with Gasteiger partial charge in [0.15, 0.2) is 11.5 Å². The molecule has 2 aromatic heterocycles. The minimum Gasteiger partial charge on any atom is -0.492 e. The first-order valence-corrected chi connectivity index (χ1v) is 13.8. The van der Waals surface area contributed by atoms with Gasteiger partial charge in [0, 0.05) is 11.1 Å². The summed E-state index contributed by atoms with van der Waals surface area (Å²) in [5.74, 6) is 2.47. The molecule has 1 amide bonds. The fourth-order valence-electron chi connectivity index (χ4n) is 4.56. The number of hydrogen-bond acceptors (Lipinski definition) is 6. The number of furan rings is 1. The Bertz CT molecular complexity index is 1240. The summed E-state index contributed by atoms with van der Waals surface area (Å²) in [6.07, 6.45) is 6.32. The molecule has 1 aromatic carbocycles. The largest absolute Gasteiger partial charge is 0.492 e. The van der Waals surface area contributed by atoms with E-state index in [1.165, 1.54) is 4.88 Å². The second-order valence-corrected chi connectivity index (χ2v) is 11.9. The summed E-state index contributed by atoms with van der Waals surface area (Å²) < 4.78 is 17.4. The van der Waals surface area contributed by atoms with Crippen LogP contribution >= 0.6 is 27.3 Å². The van der Waals surface area contributed by atoms with Crippen LogP contribution in [0.25, 0.3) is 0 Å². The number of carbonyl (C=O) groups is 1. The highest BCUT2D eigenvalue weighted by Gasteiger charge is 2.33. The van der Waals surface area contributed by atoms with Crippen molar-refractivity contribution in [3.63, 3.8) is 0 Å². The van der Waals surface area contributed by atoms with Gasteiger partial charge in [0.05, 0.1) is 36.6 Å². The van der Waals surface area contributed by atoms with Crippen molar-refractivity contribution >= 4 is 44.4 Å². The SMILES string of the molecule is CCOc1cc(C=Nc2sc3c(c2C(=O)NCc2ccco2)CC[C@@H](C(C)(C)C)C3)cc(Br)c1OC. The molecular weight excluding hydrogens is 540 g/mol. The molecule has 0 fully saturated rings. The van der Waals surface area contributed by atoms with E-state index in [-0.39, 0.29) is 11.3 Å². The van der Waals surface area contributed by atoms with E-state index in [2.05, 4.69) is 42.0 Å². The fourth-order valence-corrected chi connectivity index (χ4v) is 6.45. The second-order valence-electron chi connectivity index (χ2n) is 9.98. The molecule has 0 aliphatic heterocycles. The number of fused-ring (bicyclic) bond motifs is 1. The highest BCUT2D eigenvalue weighted by Crippen LogP contribution is 2.45. The molecule has 1 aliphatic rings. The maximum Gasteiger partial charge on any atom is 0.255 e. The van der Waals surface area contributed by atoms with Crippen LogP contribution in [0.15, 0.2) is 44.4 Å². The maximum atomic E-state index is 13.4. The summed E-state index contributed by atoms with van der Waals surface area (Å²) in [6.45, 7) is 9.68. The molecule has 6 nitrogen and oxygen atoms in total. The summed E-state index contributed by atoms with van der Waals surface area (Å²) in [7, 11) is 1.62. The first-order chi connectivity index (χ1) is 17.2. The first kappa shape index (κ1) is 26.5. The summed E-state index contributed by atoms with van der Waals surface area (Å²) in [4.78, 5) is 19.5. The van der Waals surface area contributed by atoms with Gasteiger partial charge in [0.25, 0.3) is 5.91 Å². The number of rotatable bonds is 8. The number of carbonyl (C=O) groups excluding carboxylic acids is 1. The third kappa shape index (κ3) is 5.86. The van der Waals surface area contributed by atoms with Gasteiger partial charge in [0.1, 0.15) is 10.8 Å². The number of benzene rings is 1. The van der Waals surface area contributed by atoms with E-state index in [0.29, 0.717) is 36.1 Å². The third-order valence-electron chi connectivity index (χ3n) is 6.57. The fraction of sp³-hybridized carbons (Fsp3) is 0.429. The van der Waals surface area contributed by atoms with E-state index >= 15 is 0 Å². The average Bonchev–Trinajstić information content (AvgIpc) is 3.48. The van der Waals surface area contributed by atoms with Gasteiger partial charge >= 0.3 is 0 Å². The zero-order valence-corrected chi connectivity index (χ0v) is 23.8. The van der Waals surface area contributed by atoms with Gasteiger partial charge in [-0.2, -0.15) is 0 Å². The Kier molecular flexibility index (Phi) is 8.25. The number of halogens is 1. The van der Waals surface area contributed by atoms with Crippen molar-refractivity contribution in [2.45, 2.75) is 53.5 Å². The van der Waals surface area contributed by atoms with Crippen molar-refractivity contribution in [2.24, 2.45) is 16.3 Å². The van der Waals surface area contributed by atoms with Gasteiger partial charge < -0.3 is 19.2 Å². The minimum atomic E-state index is -0.115. The molecule has 0 radical (unpaired) electrons. The first-order valence-electron chi connectivity index (χ1n) is 12.2. The highest BCUT2D eigenvalue weighted by molar-refractivity contribution is 9.10. The van der Waals surface area contributed by atoms with Crippen LogP contribution in [0.4, 0.5) is 5.00 Å². The van der Waals surface area contributed by atoms with Crippen molar-refractivity contribution in [1.82, 2.24) is 5.32 Å². The quantitative estimate of drug-likeness (QED) is 0.286. The Morgan fingerprint density at radius 1 is 1.36 bits per heavy atom. The van der Waals surface area contributed by atoms with Crippen molar-refractivity contribution in [2.75, 3.05) is 13.7 Å². The molecule has 4 rings (SSSR count). The number of hydrogen-bond donors (Lipinski definition) is 1. The summed E-state index contributed by atoms with van der Waals surface area (Å²) in [6, 6.07) is 7.51. The van der Waals surface area contributed by atoms with Crippen molar-refractivity contribution in [3.05, 3.63) is 62.3 Å². The molecule has 1 aliphatic carbocycles. The van der Waals surface area contributed by atoms with Crippen LogP contribution in [-0.2, 0) is 19.4 Å². The van der Waals surface area contributed by atoms with Crippen molar-refractivity contribution < 1.29 is 18.7 Å². The van der Waals surface area contributed by atoms with E-state index in [1.807, 2.05) is 31.2 Å². The van der Waals surface area contributed by atoms with Crippen LogP contribution in [0.5, 0.6) is 11.5 Å². The highest BCUT2D eigenvalue weighted by atomic mass is 79.9. The molecule has 0 saturated carbocycles. The van der Waals surface area contributed by atoms with E-state index in [1.54, 1.807) is 30.9 Å². The molecule has 1 atom stereocenters. The molecule has 0 spiro atoms. The Morgan fingerprint density at radius 2 is 2.17 bits per heavy atom. The lowest BCUT2D eigenvalue weighted by atomic mass is 9.72. The van der Waals surface area contributed by atoms with Crippen LogP contribution in [0.3, 0.4) is 0 Å². The van der Waals surface area contributed by atoms with Crippen LogP contribution < -0.4 is 14.8 Å². The number of aliphatic imine (C=N–C) groups is 1. The molecule has 0 unspecified atom stereocenters. The number of nitrogens with zero attached hydrogens (tertiary/aromatic N) is 1. The lowest BCUT2D eigenvalue weighted by Crippen LogP contribution is -2.28. The number of ether oxygens (including phenoxy) is 2. The van der Waals surface area contributed by atoms with Gasteiger partial charge in [0.2, 0.25) is 0 Å². The van der Waals surface area contributed by atoms with Crippen LogP contribution in [0, 0.1) is 11.3 Å². The van der Waals surface area contributed by atoms with Gasteiger partial charge in [-0.25, -0.2) is 4.99 Å². The van der Waals surface area contributed by atoms with Crippen LogP contribution in [0.1, 0.15) is 66.2 Å². The minimum absolute atomic E-state index is 0.115. The number of thiophene rings is 1. The Hall–Kier alpha value is -2.58. The molecule has 1 N–H and O–H groups in total. The third-order valence-corrected chi connectivity index (χ3v) is 8.32. The lowest BCUT2D eigenvalue weighted by molar-refractivity contribution is 0.0947. The number of methoxy groups -OCH3 is 1. The molecule has 0 saturated heterocycles. The van der Waals surface area contributed by atoms with Crippen molar-refractivity contribution in [1.29, 1.82) is 0 Å². The predicted octanol–water partition coefficient (Wildman–Crippen LogP) is 7.34. The van der Waals surface area contributed by atoms with Crippen LogP contribution in [0.2, 0.25) is 0 Å². The lowest BCUT2D eigenvalue weighted by Gasteiger charge is -2.33. The van der Waals surface area contributed by atoms with E-state index in [4.69, 9.17) is 18.9 Å². The smallest absolute Gasteiger partial charge is 0.255 e. The summed E-state index contributed by atoms with van der Waals surface area (Å²) in [5, 5.41) is 3.76. The maximum absolute atomic E-state index is 13.4. The zero-order valence-electron chi connectivity index (χ0n) is 21.4. The zero-order chi connectivity index (χ0) is 25.9. The Labute approximate surface area is 225 Å². The van der Waals surface area contributed by atoms with Crippen molar-refractivity contribution in [3.8, 4) is 11.5 Å². The monoisotopic (exact) mass is 572 g/mol. The molecule has 0 bridgehead atoms. The molecule has 36 heavy (non-hydrogen) atoms. The molecule has 2 heterocycles. The predicted molar refractivity (Wildman–Crippen MR) is 148 cm³/mol. The average molecular weight is 574 g/mol. The standard InChI is InChI=1S/C28H33BrN2O4S/c1-6-34-22-13-17(12-21(29)25(22)33-5)15-31-27-24(26(32)30-16-19-8-7-11-35-19)20-10-9-18(28(2,3)4)14-23(20)36-27/h7-8,11-13,15,18H,6,9-10,14,16H2,1-5H3,(H,30,32)/t18-/m1/s1. The van der Waals surface area contributed by atoms with Gasteiger partial charge in [-0.15, -0.1) is 11.3 Å². The number of amides is 1. The molecule has 8 heteroatoms. The normalized spacial score (nSPS) is 15.7. The Morgan fingerprint density at radius 3 is 2.83 bits per heavy atom. The van der Waals surface area contributed by atoms with E-state index in [0.717, 1.165) is 45.6 Å². The molecule has 192 valence electrons. The van der Waals surface area contributed by atoms with Crippen LogP contribution in [-0.4, -0.2) is 25.8 Å². The second kappa shape index (κ2) is 11.2. The van der Waals surface area contributed by atoms with Gasteiger partial charge in [-0.3, -0.25) is 4.79 Å². The summed E-state index contributed by atoms with van der Waals surface area (Å²) in [5.41, 5.74) is 2.89. The van der Waals surface area contributed by atoms with E-state index in [9.17, 15) is 4.79 Å². The Balaban J connectivity index is 1.68. The molecular formula is C28H33BrN2O4S.